The van der Waals surface area contributed by atoms with Crippen LogP contribution in [0.15, 0.2) is 10.9 Å². The Bertz CT molecular complexity index is 1090. The first-order valence-corrected chi connectivity index (χ1v) is 11.8. The molecule has 2 aliphatic heterocycles. The fourth-order valence-corrected chi connectivity index (χ4v) is 4.86. The third kappa shape index (κ3) is 3.96. The van der Waals surface area contributed by atoms with Crippen molar-refractivity contribution in [1.29, 1.82) is 0 Å². The van der Waals surface area contributed by atoms with Crippen molar-refractivity contribution >= 4 is 11.8 Å². The lowest BCUT2D eigenvalue weighted by molar-refractivity contribution is -0.132. The van der Waals surface area contributed by atoms with Crippen LogP contribution in [0.3, 0.4) is 0 Å². The molecule has 1 aliphatic carbocycles. The molecular weight excluding hydrogens is 408 g/mol. The van der Waals surface area contributed by atoms with Gasteiger partial charge in [-0.2, -0.15) is 5.10 Å². The highest BCUT2D eigenvalue weighted by Gasteiger charge is 2.34. The predicted molar refractivity (Wildman–Crippen MR) is 117 cm³/mol. The van der Waals surface area contributed by atoms with E-state index in [2.05, 4.69) is 15.2 Å². The first kappa shape index (κ1) is 20.9. The molecule has 1 saturated carbocycles. The SMILES string of the molecule is CCCC(=O)N1CCc2c(nc([C@H]3CCCCN3C(=O)c3cc(C4CC4)[nH]n3)[nH]c2=O)C1. The van der Waals surface area contributed by atoms with E-state index in [1.54, 1.807) is 9.80 Å². The van der Waals surface area contributed by atoms with E-state index in [0.717, 1.165) is 44.2 Å². The molecule has 9 heteroatoms. The van der Waals surface area contributed by atoms with Gasteiger partial charge in [0.1, 0.15) is 11.5 Å². The lowest BCUT2D eigenvalue weighted by Gasteiger charge is -2.35. The van der Waals surface area contributed by atoms with E-state index in [-0.39, 0.29) is 23.4 Å². The number of aromatic amines is 2. The molecule has 2 aromatic heterocycles. The third-order valence-electron chi connectivity index (χ3n) is 6.82. The number of fused-ring (bicyclic) bond motifs is 1. The van der Waals surface area contributed by atoms with Gasteiger partial charge in [-0.15, -0.1) is 0 Å². The maximum Gasteiger partial charge on any atom is 0.274 e. The highest BCUT2D eigenvalue weighted by atomic mass is 16.2. The zero-order valence-corrected chi connectivity index (χ0v) is 18.5. The largest absolute Gasteiger partial charge is 0.336 e. The smallest absolute Gasteiger partial charge is 0.274 e. The molecule has 0 unspecified atom stereocenters. The fraction of sp³-hybridized carbons (Fsp3) is 0.609. The summed E-state index contributed by atoms with van der Waals surface area (Å²) in [6.45, 7) is 3.50. The van der Waals surface area contributed by atoms with Crippen LogP contribution in [0.25, 0.3) is 0 Å². The van der Waals surface area contributed by atoms with Crippen LogP contribution in [0.4, 0.5) is 0 Å². The molecule has 2 amide bonds. The number of rotatable bonds is 5. The average Bonchev–Trinajstić information content (AvgIpc) is 3.54. The summed E-state index contributed by atoms with van der Waals surface area (Å²) < 4.78 is 0. The second kappa shape index (κ2) is 8.52. The minimum absolute atomic E-state index is 0.0984. The Kier molecular flexibility index (Phi) is 5.57. The van der Waals surface area contributed by atoms with Crippen molar-refractivity contribution in [2.24, 2.45) is 0 Å². The molecule has 4 heterocycles. The van der Waals surface area contributed by atoms with Crippen LogP contribution in [0.5, 0.6) is 0 Å². The molecule has 0 bridgehead atoms. The number of nitrogens with zero attached hydrogens (tertiary/aromatic N) is 4. The Morgan fingerprint density at radius 1 is 1.19 bits per heavy atom. The van der Waals surface area contributed by atoms with Gasteiger partial charge in [-0.25, -0.2) is 4.98 Å². The van der Waals surface area contributed by atoms with E-state index < -0.39 is 0 Å². The summed E-state index contributed by atoms with van der Waals surface area (Å²) in [6, 6.07) is 1.57. The number of aromatic nitrogens is 4. The van der Waals surface area contributed by atoms with Gasteiger partial charge in [0.05, 0.1) is 18.3 Å². The molecule has 2 fully saturated rings. The normalized spacial score (nSPS) is 20.8. The molecule has 3 aliphatic rings. The van der Waals surface area contributed by atoms with Gasteiger partial charge in [-0.05, 0) is 51.0 Å². The van der Waals surface area contributed by atoms with Crippen LogP contribution in [0.1, 0.15) is 97.1 Å². The van der Waals surface area contributed by atoms with Crippen molar-refractivity contribution in [2.75, 3.05) is 13.1 Å². The number of hydrogen-bond acceptors (Lipinski definition) is 5. The van der Waals surface area contributed by atoms with Crippen LogP contribution >= 0.6 is 0 Å². The number of hydrogen-bond donors (Lipinski definition) is 2. The molecule has 5 rings (SSSR count). The number of likely N-dealkylation sites (tertiary alicyclic amines) is 1. The summed E-state index contributed by atoms with van der Waals surface area (Å²) in [5.41, 5.74) is 2.62. The van der Waals surface area contributed by atoms with E-state index in [1.165, 1.54) is 0 Å². The number of nitrogens with one attached hydrogen (secondary N) is 2. The highest BCUT2D eigenvalue weighted by Crippen LogP contribution is 2.39. The second-order valence-corrected chi connectivity index (χ2v) is 9.18. The maximum atomic E-state index is 13.3. The standard InChI is InChI=1S/C23H30N6O3/c1-2-5-20(30)28-11-9-15-18(13-28)24-21(25-22(15)31)19-6-3-4-10-29(19)23(32)17-12-16(26-27-17)14-7-8-14/h12,14,19H,2-11,13H2,1H3,(H,26,27)(H,24,25,31)/t19-/m1/s1. The van der Waals surface area contributed by atoms with E-state index in [9.17, 15) is 14.4 Å². The zero-order chi connectivity index (χ0) is 22.2. The summed E-state index contributed by atoms with van der Waals surface area (Å²) in [7, 11) is 0. The van der Waals surface area contributed by atoms with E-state index >= 15 is 0 Å². The topological polar surface area (TPSA) is 115 Å². The van der Waals surface area contributed by atoms with Crippen molar-refractivity contribution in [2.45, 2.75) is 76.8 Å². The van der Waals surface area contributed by atoms with E-state index in [4.69, 9.17) is 4.98 Å². The summed E-state index contributed by atoms with van der Waals surface area (Å²) in [5.74, 6) is 0.988. The van der Waals surface area contributed by atoms with Gasteiger partial charge < -0.3 is 14.8 Å². The van der Waals surface area contributed by atoms with E-state index in [0.29, 0.717) is 61.2 Å². The first-order chi connectivity index (χ1) is 15.5. The number of carbonyl (C=O) groups excluding carboxylic acids is 2. The molecule has 32 heavy (non-hydrogen) atoms. The average molecular weight is 439 g/mol. The van der Waals surface area contributed by atoms with Gasteiger partial charge in [0, 0.05) is 36.7 Å². The molecule has 0 radical (unpaired) electrons. The molecule has 1 atom stereocenters. The number of H-pyrrole nitrogens is 2. The second-order valence-electron chi connectivity index (χ2n) is 9.18. The Hall–Kier alpha value is -2.97. The van der Waals surface area contributed by atoms with Crippen molar-refractivity contribution < 1.29 is 9.59 Å². The van der Waals surface area contributed by atoms with Gasteiger partial charge >= 0.3 is 0 Å². The van der Waals surface area contributed by atoms with Crippen molar-refractivity contribution in [3.63, 3.8) is 0 Å². The monoisotopic (exact) mass is 438 g/mol. The minimum atomic E-state index is -0.294. The molecule has 9 nitrogen and oxygen atoms in total. The summed E-state index contributed by atoms with van der Waals surface area (Å²) in [4.78, 5) is 49.8. The molecule has 0 aromatic carbocycles. The van der Waals surface area contributed by atoms with Gasteiger partial charge in [0.2, 0.25) is 5.91 Å². The summed E-state index contributed by atoms with van der Waals surface area (Å²) in [6.07, 6.45) is 6.71. The lowest BCUT2D eigenvalue weighted by Crippen LogP contribution is -2.42. The Labute approximate surface area is 186 Å². The van der Waals surface area contributed by atoms with Gasteiger partial charge in [0.15, 0.2) is 0 Å². The molecule has 0 spiro atoms. The molecular formula is C23H30N6O3. The molecule has 170 valence electrons. The minimum Gasteiger partial charge on any atom is -0.336 e. The van der Waals surface area contributed by atoms with Gasteiger partial charge in [-0.3, -0.25) is 19.5 Å². The quantitative estimate of drug-likeness (QED) is 0.744. The Balaban J connectivity index is 1.41. The number of amides is 2. The first-order valence-electron chi connectivity index (χ1n) is 11.8. The van der Waals surface area contributed by atoms with Crippen molar-refractivity contribution in [3.8, 4) is 0 Å². The molecule has 1 saturated heterocycles. The number of piperidine rings is 1. The number of carbonyl (C=O) groups is 2. The molecule has 2 aromatic rings. The van der Waals surface area contributed by atoms with Crippen molar-refractivity contribution in [3.05, 3.63) is 44.9 Å². The maximum absolute atomic E-state index is 13.3. The van der Waals surface area contributed by atoms with Crippen LogP contribution in [-0.2, 0) is 17.8 Å². The highest BCUT2D eigenvalue weighted by molar-refractivity contribution is 5.92. The van der Waals surface area contributed by atoms with Crippen molar-refractivity contribution in [1.82, 2.24) is 30.0 Å². The Morgan fingerprint density at radius 2 is 2.03 bits per heavy atom. The third-order valence-corrected chi connectivity index (χ3v) is 6.82. The molecule has 2 N–H and O–H groups in total. The van der Waals surface area contributed by atoms with Crippen LogP contribution in [-0.4, -0.2) is 54.9 Å². The predicted octanol–water partition coefficient (Wildman–Crippen LogP) is 2.42. The van der Waals surface area contributed by atoms with Gasteiger partial charge in [0.25, 0.3) is 11.5 Å². The van der Waals surface area contributed by atoms with Crippen LogP contribution < -0.4 is 5.56 Å². The zero-order valence-electron chi connectivity index (χ0n) is 18.5. The summed E-state index contributed by atoms with van der Waals surface area (Å²) in [5, 5.41) is 7.27. The lowest BCUT2D eigenvalue weighted by atomic mass is 9.99. The van der Waals surface area contributed by atoms with Crippen LogP contribution in [0, 0.1) is 0 Å². The van der Waals surface area contributed by atoms with Gasteiger partial charge in [-0.1, -0.05) is 6.92 Å². The van der Waals surface area contributed by atoms with Crippen LogP contribution in [0.2, 0.25) is 0 Å². The summed E-state index contributed by atoms with van der Waals surface area (Å²) >= 11 is 0. The fourth-order valence-electron chi connectivity index (χ4n) is 4.86. The van der Waals surface area contributed by atoms with E-state index in [1.807, 2.05) is 13.0 Å². The Morgan fingerprint density at radius 3 is 2.81 bits per heavy atom.